The van der Waals surface area contributed by atoms with Crippen LogP contribution in [-0.2, 0) is 14.3 Å². The fraction of sp³-hybridized carbons (Fsp3) is 0.333. The van der Waals surface area contributed by atoms with Gasteiger partial charge < -0.3 is 4.74 Å². The lowest BCUT2D eigenvalue weighted by Gasteiger charge is -2.17. The van der Waals surface area contributed by atoms with E-state index in [4.69, 9.17) is 4.74 Å². The maximum absolute atomic E-state index is 12.6. The lowest BCUT2D eigenvalue weighted by Crippen LogP contribution is -2.34. The lowest BCUT2D eigenvalue weighted by atomic mass is 9.85. The van der Waals surface area contributed by atoms with Crippen LogP contribution in [-0.4, -0.2) is 28.9 Å². The third kappa shape index (κ3) is 1.54. The fourth-order valence-electron chi connectivity index (χ4n) is 3.49. The minimum atomic E-state index is -0.515. The molecule has 1 aromatic rings. The smallest absolute Gasteiger partial charge is 0.274 e. The molecule has 4 rings (SSSR count). The van der Waals surface area contributed by atoms with Gasteiger partial charge in [0.05, 0.1) is 34.7 Å². The van der Waals surface area contributed by atoms with Crippen LogP contribution in [0.25, 0.3) is 0 Å². The lowest BCUT2D eigenvalue weighted by molar-refractivity contribution is -0.385. The Bertz CT molecular complexity index is 726. The zero-order chi connectivity index (χ0) is 15.6. The first-order chi connectivity index (χ1) is 10.5. The number of aryl methyl sites for hydroxylation is 1. The van der Waals surface area contributed by atoms with E-state index >= 15 is 0 Å². The number of ether oxygens (including phenoxy) is 1. The van der Waals surface area contributed by atoms with Crippen LogP contribution < -0.4 is 4.90 Å². The number of nitro benzene ring substituents is 1. The number of hydrogen-bond acceptors (Lipinski definition) is 5. The molecule has 22 heavy (non-hydrogen) atoms. The molecule has 3 aliphatic rings. The minimum absolute atomic E-state index is 0.104. The average molecular weight is 300 g/mol. The summed E-state index contributed by atoms with van der Waals surface area (Å²) >= 11 is 0. The van der Waals surface area contributed by atoms with E-state index in [1.165, 1.54) is 6.07 Å². The molecule has 0 N–H and O–H groups in total. The second-order valence-electron chi connectivity index (χ2n) is 5.74. The zero-order valence-electron chi connectivity index (χ0n) is 11.6. The standard InChI is InChI=1S/C15H12N2O5/c1-7-2-3-8(6-9(7)17(20)21)16-14(18)12-10-4-5-11(22-10)13(12)15(16)19/h2-6,10-13H,1H3/t10-,11-,12+,13+/m1/s1. The molecule has 2 bridgehead atoms. The first-order valence-corrected chi connectivity index (χ1v) is 6.95. The van der Waals surface area contributed by atoms with Gasteiger partial charge in [-0.1, -0.05) is 18.2 Å². The van der Waals surface area contributed by atoms with Crippen molar-refractivity contribution in [2.75, 3.05) is 4.90 Å². The maximum Gasteiger partial charge on any atom is 0.274 e. The van der Waals surface area contributed by atoms with Gasteiger partial charge in [-0.05, 0) is 13.0 Å². The minimum Gasteiger partial charge on any atom is -0.365 e. The average Bonchev–Trinajstić information content (AvgIpc) is 3.14. The van der Waals surface area contributed by atoms with Gasteiger partial charge in [0.15, 0.2) is 0 Å². The van der Waals surface area contributed by atoms with E-state index in [0.29, 0.717) is 5.56 Å². The number of nitro groups is 1. The largest absolute Gasteiger partial charge is 0.365 e. The molecule has 3 aliphatic heterocycles. The van der Waals surface area contributed by atoms with E-state index in [1.54, 1.807) is 31.2 Å². The highest BCUT2D eigenvalue weighted by molar-refractivity contribution is 6.23. The second-order valence-corrected chi connectivity index (χ2v) is 5.74. The first kappa shape index (κ1) is 13.1. The van der Waals surface area contributed by atoms with Gasteiger partial charge in [-0.3, -0.25) is 19.7 Å². The van der Waals surface area contributed by atoms with Crippen molar-refractivity contribution in [2.24, 2.45) is 11.8 Å². The Labute approximate surface area is 125 Å². The molecule has 3 heterocycles. The van der Waals surface area contributed by atoms with Crippen molar-refractivity contribution in [2.45, 2.75) is 19.1 Å². The molecule has 0 aromatic heterocycles. The van der Waals surface area contributed by atoms with Gasteiger partial charge in [-0.2, -0.15) is 0 Å². The van der Waals surface area contributed by atoms with Crippen molar-refractivity contribution in [1.82, 2.24) is 0 Å². The molecule has 7 nitrogen and oxygen atoms in total. The summed E-state index contributed by atoms with van der Waals surface area (Å²) in [5.74, 6) is -1.71. The van der Waals surface area contributed by atoms with Crippen molar-refractivity contribution in [3.8, 4) is 0 Å². The molecule has 0 spiro atoms. The number of fused-ring (bicyclic) bond motifs is 5. The number of nitrogens with zero attached hydrogens (tertiary/aromatic N) is 2. The van der Waals surface area contributed by atoms with Gasteiger partial charge in [0.2, 0.25) is 11.8 Å². The van der Waals surface area contributed by atoms with Crippen molar-refractivity contribution >= 4 is 23.2 Å². The van der Waals surface area contributed by atoms with E-state index in [0.717, 1.165) is 4.90 Å². The Morgan fingerprint density at radius 1 is 1.14 bits per heavy atom. The van der Waals surface area contributed by atoms with Crippen LogP contribution >= 0.6 is 0 Å². The van der Waals surface area contributed by atoms with Gasteiger partial charge in [-0.15, -0.1) is 0 Å². The van der Waals surface area contributed by atoms with Crippen LogP contribution in [0.15, 0.2) is 30.4 Å². The summed E-state index contributed by atoms with van der Waals surface area (Å²) in [4.78, 5) is 36.8. The van der Waals surface area contributed by atoms with Gasteiger partial charge in [0, 0.05) is 11.6 Å². The molecule has 0 radical (unpaired) electrons. The summed E-state index contributed by atoms with van der Waals surface area (Å²) < 4.78 is 5.56. The molecule has 7 heteroatoms. The number of carbonyl (C=O) groups is 2. The summed E-state index contributed by atoms with van der Waals surface area (Å²) in [6, 6.07) is 4.39. The SMILES string of the molecule is Cc1ccc(N2C(=O)[C@@H]3[C@@H](C2=O)[C@H]2C=C[C@H]3O2)cc1[N+](=O)[O-]. The normalized spacial score (nSPS) is 32.0. The Morgan fingerprint density at radius 3 is 2.27 bits per heavy atom. The van der Waals surface area contributed by atoms with Crippen LogP contribution in [0, 0.1) is 28.9 Å². The highest BCUT2D eigenvalue weighted by Gasteiger charge is 2.61. The van der Waals surface area contributed by atoms with Crippen LogP contribution in [0.3, 0.4) is 0 Å². The molecule has 0 aliphatic carbocycles. The number of benzene rings is 1. The van der Waals surface area contributed by atoms with Crippen molar-refractivity contribution in [1.29, 1.82) is 0 Å². The van der Waals surface area contributed by atoms with Crippen molar-refractivity contribution in [3.63, 3.8) is 0 Å². The third-order valence-electron chi connectivity index (χ3n) is 4.56. The molecule has 112 valence electrons. The van der Waals surface area contributed by atoms with Gasteiger partial charge in [-0.25, -0.2) is 4.90 Å². The highest BCUT2D eigenvalue weighted by Crippen LogP contribution is 2.46. The van der Waals surface area contributed by atoms with E-state index in [2.05, 4.69) is 0 Å². The molecule has 0 unspecified atom stereocenters. The van der Waals surface area contributed by atoms with Crippen LogP contribution in [0.5, 0.6) is 0 Å². The molecule has 0 saturated carbocycles. The highest BCUT2D eigenvalue weighted by atomic mass is 16.6. The molecule has 2 saturated heterocycles. The number of anilines is 1. The second kappa shape index (κ2) is 4.23. The Hall–Kier alpha value is -2.54. The quantitative estimate of drug-likeness (QED) is 0.356. The molecular formula is C15H12N2O5. The monoisotopic (exact) mass is 300 g/mol. The summed E-state index contributed by atoms with van der Waals surface area (Å²) in [5.41, 5.74) is 0.631. The van der Waals surface area contributed by atoms with Crippen molar-refractivity contribution in [3.05, 3.63) is 46.0 Å². The fourth-order valence-corrected chi connectivity index (χ4v) is 3.49. The summed E-state index contributed by atoms with van der Waals surface area (Å²) in [6.45, 7) is 1.61. The summed E-state index contributed by atoms with van der Waals surface area (Å²) in [5, 5.41) is 11.0. The molecule has 2 fully saturated rings. The Morgan fingerprint density at radius 2 is 1.73 bits per heavy atom. The van der Waals surface area contributed by atoms with Crippen LogP contribution in [0.1, 0.15) is 5.56 Å². The Kier molecular flexibility index (Phi) is 2.53. The molecule has 4 atom stereocenters. The maximum atomic E-state index is 12.6. The number of amides is 2. The molecule has 1 aromatic carbocycles. The predicted molar refractivity (Wildman–Crippen MR) is 75.1 cm³/mol. The summed E-state index contributed by atoms with van der Waals surface area (Å²) in [6.07, 6.45) is 2.88. The zero-order valence-corrected chi connectivity index (χ0v) is 11.6. The van der Waals surface area contributed by atoms with Gasteiger partial charge >= 0.3 is 0 Å². The van der Waals surface area contributed by atoms with Gasteiger partial charge in [0.25, 0.3) is 5.69 Å². The summed E-state index contributed by atoms with van der Waals surface area (Å²) in [7, 11) is 0. The van der Waals surface area contributed by atoms with E-state index in [-0.39, 0.29) is 35.4 Å². The number of imide groups is 1. The van der Waals surface area contributed by atoms with E-state index in [1.807, 2.05) is 0 Å². The molecule has 2 amide bonds. The van der Waals surface area contributed by atoms with Crippen LogP contribution in [0.2, 0.25) is 0 Å². The van der Waals surface area contributed by atoms with Crippen molar-refractivity contribution < 1.29 is 19.2 Å². The van der Waals surface area contributed by atoms with E-state index < -0.39 is 16.8 Å². The number of hydrogen-bond donors (Lipinski definition) is 0. The molecular weight excluding hydrogens is 288 g/mol. The van der Waals surface area contributed by atoms with Gasteiger partial charge in [0.1, 0.15) is 0 Å². The number of rotatable bonds is 2. The first-order valence-electron chi connectivity index (χ1n) is 6.95. The van der Waals surface area contributed by atoms with E-state index in [9.17, 15) is 19.7 Å². The third-order valence-corrected chi connectivity index (χ3v) is 4.56. The predicted octanol–water partition coefficient (Wildman–Crippen LogP) is 1.35. The Balaban J connectivity index is 1.76. The topological polar surface area (TPSA) is 89.8 Å². The number of carbonyl (C=O) groups excluding carboxylic acids is 2. The van der Waals surface area contributed by atoms with Crippen LogP contribution in [0.4, 0.5) is 11.4 Å².